The number of carbonyl (C=O) groups excluding carboxylic acids is 2. The number of nitrogens with one attached hydrogen (secondary N) is 2. The molecule has 5 nitrogen and oxygen atoms in total. The Bertz CT molecular complexity index is 600. The molecule has 0 radical (unpaired) electrons. The van der Waals surface area contributed by atoms with Gasteiger partial charge in [0.05, 0.1) is 5.69 Å². The zero-order valence-electron chi connectivity index (χ0n) is 11.5. The molecule has 0 spiro atoms. The minimum Gasteiger partial charge on any atom is -0.323 e. The van der Waals surface area contributed by atoms with E-state index in [1.807, 2.05) is 0 Å². The molecule has 2 N–H and O–H groups in total. The smallest absolute Gasteiger partial charge is 0.250 e. The number of anilines is 1. The van der Waals surface area contributed by atoms with E-state index in [-0.39, 0.29) is 5.78 Å². The van der Waals surface area contributed by atoms with E-state index in [2.05, 4.69) is 10.7 Å². The van der Waals surface area contributed by atoms with Gasteiger partial charge in [-0.1, -0.05) is 12.1 Å². The number of ketones is 1. The number of halogens is 1. The monoisotopic (exact) mass is 277 g/mol. The Labute approximate surface area is 116 Å². The van der Waals surface area contributed by atoms with Gasteiger partial charge in [-0.25, -0.2) is 5.43 Å². The van der Waals surface area contributed by atoms with Crippen LogP contribution in [0.4, 0.5) is 10.1 Å². The summed E-state index contributed by atoms with van der Waals surface area (Å²) in [7, 11) is 1.48. The van der Waals surface area contributed by atoms with Crippen LogP contribution in [0.3, 0.4) is 0 Å². The van der Waals surface area contributed by atoms with E-state index in [0.29, 0.717) is 11.3 Å². The Kier molecular flexibility index (Phi) is 3.59. The lowest BCUT2D eigenvalue weighted by Gasteiger charge is -2.24. The van der Waals surface area contributed by atoms with E-state index < -0.39 is 17.4 Å². The first-order chi connectivity index (χ1) is 9.33. The van der Waals surface area contributed by atoms with Gasteiger partial charge in [0.1, 0.15) is 5.54 Å². The summed E-state index contributed by atoms with van der Waals surface area (Å²) < 4.78 is 13.4. The predicted octanol–water partition coefficient (Wildman–Crippen LogP) is 1.85. The highest BCUT2D eigenvalue weighted by Crippen LogP contribution is 2.23. The minimum atomic E-state index is -1.19. The number of rotatable bonds is 3. The second-order valence-electron chi connectivity index (χ2n) is 4.90. The van der Waals surface area contributed by atoms with Crippen molar-refractivity contribution in [3.05, 3.63) is 41.9 Å². The van der Waals surface area contributed by atoms with E-state index in [1.54, 1.807) is 31.2 Å². The second kappa shape index (κ2) is 5.05. The topological polar surface area (TPSA) is 61.4 Å². The summed E-state index contributed by atoms with van der Waals surface area (Å²) in [6.07, 6.45) is 1.19. The van der Waals surface area contributed by atoms with E-state index >= 15 is 0 Å². The largest absolute Gasteiger partial charge is 0.323 e. The molecule has 2 rings (SSSR count). The van der Waals surface area contributed by atoms with Gasteiger partial charge in [-0.3, -0.25) is 14.6 Å². The SMILES string of the molecule is CC(=O)c1ccccc1NC(=O)C1(C)C=C(F)N(C)N1. The molecule has 1 aliphatic rings. The summed E-state index contributed by atoms with van der Waals surface area (Å²) in [5, 5.41) is 3.79. The summed E-state index contributed by atoms with van der Waals surface area (Å²) in [4.78, 5) is 23.8. The van der Waals surface area contributed by atoms with Crippen LogP contribution in [-0.2, 0) is 4.79 Å². The van der Waals surface area contributed by atoms with Crippen molar-refractivity contribution in [1.82, 2.24) is 10.4 Å². The number of hydrazine groups is 1. The highest BCUT2D eigenvalue weighted by molar-refractivity contribution is 6.06. The first kappa shape index (κ1) is 14.2. The normalized spacial score (nSPS) is 21.6. The number of hydrogen-bond donors (Lipinski definition) is 2. The molecule has 1 unspecified atom stereocenters. The van der Waals surface area contributed by atoms with Crippen LogP contribution >= 0.6 is 0 Å². The maximum Gasteiger partial charge on any atom is 0.250 e. The Hall–Kier alpha value is -2.21. The lowest BCUT2D eigenvalue weighted by atomic mass is 10.0. The molecular formula is C14H16FN3O2. The predicted molar refractivity (Wildman–Crippen MR) is 73.6 cm³/mol. The summed E-state index contributed by atoms with van der Waals surface area (Å²) in [5.74, 6) is -1.11. The zero-order chi connectivity index (χ0) is 14.9. The average molecular weight is 277 g/mol. The lowest BCUT2D eigenvalue weighted by molar-refractivity contribution is -0.120. The molecule has 0 saturated carbocycles. The van der Waals surface area contributed by atoms with Crippen LogP contribution in [0.2, 0.25) is 0 Å². The van der Waals surface area contributed by atoms with Crippen LogP contribution in [0.25, 0.3) is 0 Å². The first-order valence-electron chi connectivity index (χ1n) is 6.15. The van der Waals surface area contributed by atoms with Crippen molar-refractivity contribution in [2.24, 2.45) is 0 Å². The Balaban J connectivity index is 2.24. The summed E-state index contributed by atoms with van der Waals surface area (Å²) in [6, 6.07) is 6.70. The fraction of sp³-hybridized carbons (Fsp3) is 0.286. The van der Waals surface area contributed by atoms with Crippen LogP contribution in [0.1, 0.15) is 24.2 Å². The number of nitrogens with zero attached hydrogens (tertiary/aromatic N) is 1. The van der Waals surface area contributed by atoms with Gasteiger partial charge in [-0.15, -0.1) is 0 Å². The summed E-state index contributed by atoms with van der Waals surface area (Å²) in [6.45, 7) is 2.98. The molecule has 1 atom stereocenters. The maximum atomic E-state index is 13.4. The van der Waals surface area contributed by atoms with Crippen LogP contribution in [0.15, 0.2) is 36.3 Å². The van der Waals surface area contributed by atoms with Crippen molar-refractivity contribution >= 4 is 17.4 Å². The number of amides is 1. The Morgan fingerprint density at radius 1 is 1.35 bits per heavy atom. The minimum absolute atomic E-state index is 0.149. The molecule has 1 heterocycles. The second-order valence-corrected chi connectivity index (χ2v) is 4.90. The molecule has 0 fully saturated rings. The van der Waals surface area contributed by atoms with E-state index in [0.717, 1.165) is 5.01 Å². The quantitative estimate of drug-likeness (QED) is 0.654. The molecular weight excluding hydrogens is 261 g/mol. The fourth-order valence-electron chi connectivity index (χ4n) is 2.04. The van der Waals surface area contributed by atoms with Crippen LogP contribution in [-0.4, -0.2) is 29.3 Å². The summed E-state index contributed by atoms with van der Waals surface area (Å²) >= 11 is 0. The van der Waals surface area contributed by atoms with Gasteiger partial charge in [0.2, 0.25) is 11.9 Å². The van der Waals surface area contributed by atoms with Crippen molar-refractivity contribution in [1.29, 1.82) is 0 Å². The number of carbonyl (C=O) groups is 2. The van der Waals surface area contributed by atoms with Crippen molar-refractivity contribution in [2.45, 2.75) is 19.4 Å². The molecule has 20 heavy (non-hydrogen) atoms. The van der Waals surface area contributed by atoms with Crippen molar-refractivity contribution < 1.29 is 14.0 Å². The van der Waals surface area contributed by atoms with E-state index in [1.165, 1.54) is 20.0 Å². The lowest BCUT2D eigenvalue weighted by Crippen LogP contribution is -2.51. The highest BCUT2D eigenvalue weighted by Gasteiger charge is 2.38. The highest BCUT2D eigenvalue weighted by atomic mass is 19.1. The van der Waals surface area contributed by atoms with Crippen LogP contribution in [0.5, 0.6) is 0 Å². The van der Waals surface area contributed by atoms with E-state index in [4.69, 9.17) is 0 Å². The van der Waals surface area contributed by atoms with Crippen molar-refractivity contribution in [3.63, 3.8) is 0 Å². The molecule has 1 amide bonds. The summed E-state index contributed by atoms with van der Waals surface area (Å²) in [5.41, 5.74) is 2.36. The fourth-order valence-corrected chi connectivity index (χ4v) is 2.04. The maximum absolute atomic E-state index is 13.4. The molecule has 6 heteroatoms. The van der Waals surface area contributed by atoms with Gasteiger partial charge in [-0.2, -0.15) is 4.39 Å². The standard InChI is InChI=1S/C14H16FN3O2/c1-9(19)10-6-4-5-7-11(10)16-13(20)14(2)8-12(15)18(3)17-14/h4-8,17H,1-3H3,(H,16,20). The van der Waals surface area contributed by atoms with E-state index in [9.17, 15) is 14.0 Å². The molecule has 0 aliphatic carbocycles. The van der Waals surface area contributed by atoms with Gasteiger partial charge in [-0.05, 0) is 26.0 Å². The third kappa shape index (κ3) is 2.55. The molecule has 0 aromatic heterocycles. The third-order valence-electron chi connectivity index (χ3n) is 3.15. The third-order valence-corrected chi connectivity index (χ3v) is 3.15. The van der Waals surface area contributed by atoms with Gasteiger partial charge in [0, 0.05) is 18.7 Å². The Morgan fingerprint density at radius 2 is 2.00 bits per heavy atom. The van der Waals surface area contributed by atoms with Gasteiger partial charge >= 0.3 is 0 Å². The molecule has 106 valence electrons. The van der Waals surface area contributed by atoms with Gasteiger partial charge in [0.15, 0.2) is 5.78 Å². The number of Topliss-reactive ketones (excluding diaryl/α,β-unsaturated/α-hetero) is 1. The average Bonchev–Trinajstić information content (AvgIpc) is 2.64. The van der Waals surface area contributed by atoms with Crippen molar-refractivity contribution in [2.75, 3.05) is 12.4 Å². The molecule has 1 aromatic rings. The molecule has 0 saturated heterocycles. The molecule has 0 bridgehead atoms. The van der Waals surface area contributed by atoms with Gasteiger partial charge in [0.25, 0.3) is 0 Å². The number of hydrogen-bond acceptors (Lipinski definition) is 4. The number of para-hydroxylation sites is 1. The molecule has 1 aromatic carbocycles. The zero-order valence-corrected chi connectivity index (χ0v) is 11.5. The first-order valence-corrected chi connectivity index (χ1v) is 6.15. The Morgan fingerprint density at radius 3 is 2.55 bits per heavy atom. The van der Waals surface area contributed by atoms with Gasteiger partial charge < -0.3 is 5.32 Å². The van der Waals surface area contributed by atoms with Crippen LogP contribution < -0.4 is 10.7 Å². The van der Waals surface area contributed by atoms with Crippen molar-refractivity contribution in [3.8, 4) is 0 Å². The van der Waals surface area contributed by atoms with Crippen LogP contribution in [0, 0.1) is 0 Å². The number of benzene rings is 1. The molecule has 1 aliphatic heterocycles.